The molecule has 0 aliphatic rings. The smallest absolute Gasteiger partial charge is 0.210 e. The van der Waals surface area contributed by atoms with Gasteiger partial charge in [-0.15, -0.1) is 10.2 Å². The lowest BCUT2D eigenvalue weighted by Gasteiger charge is -1.94. The number of aryl methyl sites for hydroxylation is 2. The SMILES string of the molecule is CCn1cc(Nc2nnc(C)s2)cn1. The molecule has 14 heavy (non-hydrogen) atoms. The van der Waals surface area contributed by atoms with Crippen molar-refractivity contribution in [1.29, 1.82) is 0 Å². The van der Waals surface area contributed by atoms with Gasteiger partial charge in [0.1, 0.15) is 5.01 Å². The zero-order chi connectivity index (χ0) is 9.97. The highest BCUT2D eigenvalue weighted by Crippen LogP contribution is 2.19. The van der Waals surface area contributed by atoms with Crippen LogP contribution in [0, 0.1) is 6.92 Å². The number of nitrogens with zero attached hydrogens (tertiary/aromatic N) is 4. The normalized spacial score (nSPS) is 10.4. The van der Waals surface area contributed by atoms with E-state index in [9.17, 15) is 0 Å². The second-order valence-electron chi connectivity index (χ2n) is 2.84. The predicted molar refractivity (Wildman–Crippen MR) is 55.8 cm³/mol. The van der Waals surface area contributed by atoms with Crippen LogP contribution in [-0.4, -0.2) is 20.0 Å². The largest absolute Gasteiger partial charge is 0.327 e. The lowest BCUT2D eigenvalue weighted by molar-refractivity contribution is 0.660. The number of nitrogens with one attached hydrogen (secondary N) is 1. The van der Waals surface area contributed by atoms with E-state index < -0.39 is 0 Å². The topological polar surface area (TPSA) is 55.6 Å². The molecule has 2 aromatic rings. The average molecular weight is 209 g/mol. The van der Waals surface area contributed by atoms with Crippen LogP contribution in [0.4, 0.5) is 10.8 Å². The van der Waals surface area contributed by atoms with Crippen LogP contribution in [0.5, 0.6) is 0 Å². The standard InChI is InChI=1S/C8H11N5S/c1-3-13-5-7(4-9-13)10-8-12-11-6(2)14-8/h4-5H,3H2,1-2H3,(H,10,12). The summed E-state index contributed by atoms with van der Waals surface area (Å²) in [6.45, 7) is 4.85. The summed E-state index contributed by atoms with van der Waals surface area (Å²) in [5.41, 5.74) is 0.947. The molecule has 0 bridgehead atoms. The lowest BCUT2D eigenvalue weighted by atomic mass is 10.6. The molecule has 0 aromatic carbocycles. The van der Waals surface area contributed by atoms with Crippen molar-refractivity contribution in [1.82, 2.24) is 20.0 Å². The summed E-state index contributed by atoms with van der Waals surface area (Å²) >= 11 is 1.53. The van der Waals surface area contributed by atoms with E-state index in [0.717, 1.165) is 22.4 Å². The molecule has 74 valence electrons. The third-order valence-corrected chi connectivity index (χ3v) is 2.49. The zero-order valence-electron chi connectivity index (χ0n) is 8.06. The van der Waals surface area contributed by atoms with Crippen LogP contribution in [0.1, 0.15) is 11.9 Å². The highest BCUT2D eigenvalue weighted by Gasteiger charge is 2.01. The van der Waals surface area contributed by atoms with Gasteiger partial charge in [-0.1, -0.05) is 11.3 Å². The van der Waals surface area contributed by atoms with Crippen LogP contribution < -0.4 is 5.32 Å². The Balaban J connectivity index is 2.10. The molecule has 6 heteroatoms. The van der Waals surface area contributed by atoms with Gasteiger partial charge < -0.3 is 5.32 Å². The minimum absolute atomic E-state index is 0.804. The molecule has 0 unspecified atom stereocenters. The van der Waals surface area contributed by atoms with Crippen LogP contribution in [0.15, 0.2) is 12.4 Å². The predicted octanol–water partition coefficient (Wildman–Crippen LogP) is 1.81. The molecule has 5 nitrogen and oxygen atoms in total. The van der Waals surface area contributed by atoms with E-state index >= 15 is 0 Å². The van der Waals surface area contributed by atoms with Gasteiger partial charge in [0, 0.05) is 12.7 Å². The Hall–Kier alpha value is -1.43. The quantitative estimate of drug-likeness (QED) is 0.837. The van der Waals surface area contributed by atoms with E-state index in [2.05, 4.69) is 20.6 Å². The molecule has 2 rings (SSSR count). The summed E-state index contributed by atoms with van der Waals surface area (Å²) in [6.07, 6.45) is 3.72. The van der Waals surface area contributed by atoms with Gasteiger partial charge in [-0.2, -0.15) is 5.10 Å². The van der Waals surface area contributed by atoms with Crippen molar-refractivity contribution in [2.24, 2.45) is 0 Å². The van der Waals surface area contributed by atoms with Crippen LogP contribution in [0.3, 0.4) is 0 Å². The molecule has 0 spiro atoms. The maximum atomic E-state index is 4.15. The van der Waals surface area contributed by atoms with Crippen LogP contribution >= 0.6 is 11.3 Å². The monoisotopic (exact) mass is 209 g/mol. The van der Waals surface area contributed by atoms with E-state index in [-0.39, 0.29) is 0 Å². The number of rotatable bonds is 3. The van der Waals surface area contributed by atoms with Gasteiger partial charge in [-0.25, -0.2) is 0 Å². The Labute approximate surface area is 85.8 Å². The zero-order valence-corrected chi connectivity index (χ0v) is 8.88. The molecule has 0 radical (unpaired) electrons. The second kappa shape index (κ2) is 3.75. The summed E-state index contributed by atoms with van der Waals surface area (Å²) < 4.78 is 1.86. The van der Waals surface area contributed by atoms with Gasteiger partial charge in [0.15, 0.2) is 0 Å². The number of hydrogen-bond donors (Lipinski definition) is 1. The van der Waals surface area contributed by atoms with Crippen molar-refractivity contribution in [3.63, 3.8) is 0 Å². The van der Waals surface area contributed by atoms with Crippen molar-refractivity contribution in [2.75, 3.05) is 5.32 Å². The Kier molecular flexibility index (Phi) is 2.45. The molecule has 0 fully saturated rings. The summed E-state index contributed by atoms with van der Waals surface area (Å²) in [7, 11) is 0. The van der Waals surface area contributed by atoms with Crippen LogP contribution in [0.25, 0.3) is 0 Å². The average Bonchev–Trinajstić information content (AvgIpc) is 2.76. The Bertz CT molecular complexity index is 419. The molecule has 0 aliphatic heterocycles. The van der Waals surface area contributed by atoms with Crippen molar-refractivity contribution in [3.05, 3.63) is 17.4 Å². The number of hydrogen-bond acceptors (Lipinski definition) is 5. The van der Waals surface area contributed by atoms with E-state index in [1.54, 1.807) is 6.20 Å². The molecular weight excluding hydrogens is 198 g/mol. The highest BCUT2D eigenvalue weighted by atomic mass is 32.1. The molecule has 1 N–H and O–H groups in total. The molecule has 0 aliphatic carbocycles. The van der Waals surface area contributed by atoms with Gasteiger partial charge in [0.2, 0.25) is 5.13 Å². The minimum Gasteiger partial charge on any atom is -0.327 e. The first kappa shape index (κ1) is 9.14. The Morgan fingerprint density at radius 2 is 2.36 bits per heavy atom. The van der Waals surface area contributed by atoms with Crippen molar-refractivity contribution in [3.8, 4) is 0 Å². The summed E-state index contributed by atoms with van der Waals surface area (Å²) in [5.74, 6) is 0. The fourth-order valence-corrected chi connectivity index (χ4v) is 1.68. The van der Waals surface area contributed by atoms with E-state index in [1.165, 1.54) is 11.3 Å². The molecule has 0 amide bonds. The first-order chi connectivity index (χ1) is 6.78. The molecule has 0 atom stereocenters. The second-order valence-corrected chi connectivity index (χ2v) is 4.02. The van der Waals surface area contributed by atoms with Gasteiger partial charge in [0.05, 0.1) is 11.9 Å². The maximum Gasteiger partial charge on any atom is 0.210 e. The lowest BCUT2D eigenvalue weighted by Crippen LogP contribution is -1.92. The molecule has 0 saturated carbocycles. The van der Waals surface area contributed by atoms with Crippen LogP contribution in [0.2, 0.25) is 0 Å². The minimum atomic E-state index is 0.804. The Morgan fingerprint density at radius 3 is 2.93 bits per heavy atom. The molecule has 2 heterocycles. The Morgan fingerprint density at radius 1 is 1.50 bits per heavy atom. The van der Waals surface area contributed by atoms with E-state index in [0.29, 0.717) is 0 Å². The van der Waals surface area contributed by atoms with Crippen molar-refractivity contribution < 1.29 is 0 Å². The summed E-state index contributed by atoms with van der Waals surface area (Å²) in [4.78, 5) is 0. The van der Waals surface area contributed by atoms with Crippen LogP contribution in [-0.2, 0) is 6.54 Å². The first-order valence-corrected chi connectivity index (χ1v) is 5.19. The summed E-state index contributed by atoms with van der Waals surface area (Å²) in [6, 6.07) is 0. The molecule has 2 aromatic heterocycles. The van der Waals surface area contributed by atoms with Crippen molar-refractivity contribution in [2.45, 2.75) is 20.4 Å². The van der Waals surface area contributed by atoms with E-state index in [4.69, 9.17) is 0 Å². The highest BCUT2D eigenvalue weighted by molar-refractivity contribution is 7.15. The number of aromatic nitrogens is 4. The summed E-state index contributed by atoms with van der Waals surface area (Å²) in [5, 5.41) is 16.9. The van der Waals surface area contributed by atoms with Gasteiger partial charge in [-0.3, -0.25) is 4.68 Å². The fraction of sp³-hybridized carbons (Fsp3) is 0.375. The molecule has 0 saturated heterocycles. The third kappa shape index (κ3) is 1.90. The van der Waals surface area contributed by atoms with Gasteiger partial charge in [0.25, 0.3) is 0 Å². The molecular formula is C8H11N5S. The number of anilines is 2. The van der Waals surface area contributed by atoms with Gasteiger partial charge in [-0.05, 0) is 13.8 Å². The fourth-order valence-electron chi connectivity index (χ4n) is 1.07. The van der Waals surface area contributed by atoms with Crippen molar-refractivity contribution >= 4 is 22.2 Å². The van der Waals surface area contributed by atoms with Gasteiger partial charge >= 0.3 is 0 Å². The third-order valence-electron chi connectivity index (χ3n) is 1.73. The first-order valence-electron chi connectivity index (χ1n) is 4.37. The maximum absolute atomic E-state index is 4.15. The van der Waals surface area contributed by atoms with E-state index in [1.807, 2.05) is 24.7 Å².